The third kappa shape index (κ3) is 3.97. The van der Waals surface area contributed by atoms with Gasteiger partial charge in [0.05, 0.1) is 25.6 Å². The van der Waals surface area contributed by atoms with Crippen LogP contribution in [0, 0.1) is 0 Å². The minimum atomic E-state index is -0.692. The maximum absolute atomic E-state index is 11.4. The van der Waals surface area contributed by atoms with Crippen LogP contribution in [0.4, 0.5) is 10.5 Å². The highest BCUT2D eigenvalue weighted by atomic mass is 16.7. The number of methoxy groups -OCH3 is 2. The fourth-order valence-corrected chi connectivity index (χ4v) is 1.18. The van der Waals surface area contributed by atoms with Crippen LogP contribution in [-0.2, 0) is 4.84 Å². The van der Waals surface area contributed by atoms with Gasteiger partial charge in [-0.05, 0) is 26.0 Å². The molecule has 0 spiro atoms. The molecule has 0 bridgehead atoms. The minimum Gasteiger partial charge on any atom is -0.497 e. The van der Waals surface area contributed by atoms with E-state index in [0.717, 1.165) is 0 Å². The number of benzene rings is 1. The second kappa shape index (κ2) is 6.48. The van der Waals surface area contributed by atoms with E-state index >= 15 is 0 Å². The fraction of sp³-hybridized carbons (Fsp3) is 0.333. The molecular weight excluding hydrogens is 236 g/mol. The van der Waals surface area contributed by atoms with Gasteiger partial charge in [-0.25, -0.2) is 4.79 Å². The molecule has 0 unspecified atom stereocenters. The first-order chi connectivity index (χ1) is 8.56. The fourth-order valence-electron chi connectivity index (χ4n) is 1.18. The van der Waals surface area contributed by atoms with E-state index in [-0.39, 0.29) is 0 Å². The Labute approximate surface area is 106 Å². The summed E-state index contributed by atoms with van der Waals surface area (Å²) >= 11 is 0. The lowest BCUT2D eigenvalue weighted by atomic mass is 10.2. The minimum absolute atomic E-state index is 0.450. The molecule has 6 nitrogen and oxygen atoms in total. The van der Waals surface area contributed by atoms with Gasteiger partial charge in [-0.2, -0.15) is 0 Å². The third-order valence-corrected chi connectivity index (χ3v) is 1.95. The Kier molecular flexibility index (Phi) is 4.98. The molecule has 0 saturated carbocycles. The van der Waals surface area contributed by atoms with E-state index in [1.165, 1.54) is 14.2 Å². The van der Waals surface area contributed by atoms with Crippen LogP contribution in [0.15, 0.2) is 23.4 Å². The van der Waals surface area contributed by atoms with Crippen molar-refractivity contribution in [2.75, 3.05) is 19.5 Å². The molecule has 1 aromatic rings. The highest BCUT2D eigenvalue weighted by molar-refractivity contribution is 5.88. The van der Waals surface area contributed by atoms with Gasteiger partial charge in [0.15, 0.2) is 0 Å². The van der Waals surface area contributed by atoms with Crippen LogP contribution in [0.25, 0.3) is 0 Å². The molecule has 0 aromatic heterocycles. The van der Waals surface area contributed by atoms with Crippen LogP contribution in [-0.4, -0.2) is 26.0 Å². The Bertz CT molecular complexity index is 453. The van der Waals surface area contributed by atoms with Gasteiger partial charge in [0.25, 0.3) is 0 Å². The van der Waals surface area contributed by atoms with Crippen LogP contribution < -0.4 is 14.8 Å². The number of rotatable bonds is 4. The molecule has 0 heterocycles. The second-order valence-electron chi connectivity index (χ2n) is 3.61. The van der Waals surface area contributed by atoms with Crippen molar-refractivity contribution in [3.8, 4) is 11.5 Å². The van der Waals surface area contributed by atoms with Crippen molar-refractivity contribution in [2.24, 2.45) is 5.16 Å². The summed E-state index contributed by atoms with van der Waals surface area (Å²) in [5.41, 5.74) is 1.09. The van der Waals surface area contributed by atoms with E-state index in [9.17, 15) is 4.79 Å². The van der Waals surface area contributed by atoms with Crippen molar-refractivity contribution in [3.63, 3.8) is 0 Å². The zero-order valence-electron chi connectivity index (χ0n) is 10.8. The normalized spacial score (nSPS) is 9.33. The molecule has 0 aliphatic heterocycles. The van der Waals surface area contributed by atoms with Crippen LogP contribution >= 0.6 is 0 Å². The number of nitrogens with one attached hydrogen (secondary N) is 1. The lowest BCUT2D eigenvalue weighted by Gasteiger charge is -2.10. The summed E-state index contributed by atoms with van der Waals surface area (Å²) < 4.78 is 10.2. The topological polar surface area (TPSA) is 69.2 Å². The summed E-state index contributed by atoms with van der Waals surface area (Å²) in [4.78, 5) is 16.1. The smallest absolute Gasteiger partial charge is 0.437 e. The molecule has 18 heavy (non-hydrogen) atoms. The summed E-state index contributed by atoms with van der Waals surface area (Å²) in [5.74, 6) is 1.10. The zero-order chi connectivity index (χ0) is 13.5. The highest BCUT2D eigenvalue weighted by Gasteiger charge is 2.09. The first-order valence-electron chi connectivity index (χ1n) is 5.28. The molecule has 6 heteroatoms. The van der Waals surface area contributed by atoms with Crippen molar-refractivity contribution in [2.45, 2.75) is 13.8 Å². The van der Waals surface area contributed by atoms with Gasteiger partial charge in [-0.15, -0.1) is 0 Å². The summed E-state index contributed by atoms with van der Waals surface area (Å²) in [5, 5.41) is 6.07. The number of carbonyl (C=O) groups excluding carboxylic acids is 1. The van der Waals surface area contributed by atoms with Crippen molar-refractivity contribution in [1.82, 2.24) is 0 Å². The lowest BCUT2D eigenvalue weighted by Crippen LogP contribution is -2.12. The van der Waals surface area contributed by atoms with E-state index in [2.05, 4.69) is 15.3 Å². The summed E-state index contributed by atoms with van der Waals surface area (Å²) in [6.45, 7) is 3.44. The molecule has 1 N–H and O–H groups in total. The first-order valence-corrected chi connectivity index (χ1v) is 5.28. The Morgan fingerprint density at radius 3 is 2.50 bits per heavy atom. The number of amides is 1. The van der Waals surface area contributed by atoms with E-state index in [4.69, 9.17) is 9.47 Å². The van der Waals surface area contributed by atoms with E-state index in [0.29, 0.717) is 22.9 Å². The molecular formula is C12H16N2O4. The van der Waals surface area contributed by atoms with E-state index < -0.39 is 6.09 Å². The molecule has 1 amide bonds. The molecule has 0 aliphatic carbocycles. The molecule has 0 radical (unpaired) electrons. The quantitative estimate of drug-likeness (QED) is 0.508. The first kappa shape index (κ1) is 13.8. The number of nitrogens with zero attached hydrogens (tertiary/aromatic N) is 1. The molecule has 1 aromatic carbocycles. The number of anilines is 1. The molecule has 0 fully saturated rings. The average molecular weight is 252 g/mol. The highest BCUT2D eigenvalue weighted by Crippen LogP contribution is 2.28. The predicted octanol–water partition coefficient (Wildman–Crippen LogP) is 2.65. The summed E-state index contributed by atoms with van der Waals surface area (Å²) in [6.07, 6.45) is -0.692. The lowest BCUT2D eigenvalue weighted by molar-refractivity contribution is 0.166. The van der Waals surface area contributed by atoms with Crippen molar-refractivity contribution in [1.29, 1.82) is 0 Å². The van der Waals surface area contributed by atoms with E-state index in [1.54, 1.807) is 32.0 Å². The van der Waals surface area contributed by atoms with Gasteiger partial charge < -0.3 is 9.47 Å². The Morgan fingerprint density at radius 2 is 1.94 bits per heavy atom. The Morgan fingerprint density at radius 1 is 1.22 bits per heavy atom. The number of ether oxygens (including phenoxy) is 2. The zero-order valence-corrected chi connectivity index (χ0v) is 10.8. The summed E-state index contributed by atoms with van der Waals surface area (Å²) in [6, 6.07) is 5.04. The van der Waals surface area contributed by atoms with Gasteiger partial charge in [-0.1, -0.05) is 5.16 Å². The van der Waals surface area contributed by atoms with Crippen LogP contribution in [0.2, 0.25) is 0 Å². The van der Waals surface area contributed by atoms with Gasteiger partial charge >= 0.3 is 6.09 Å². The number of carbonyl (C=O) groups is 1. The number of hydrogen-bond acceptors (Lipinski definition) is 5. The maximum Gasteiger partial charge on any atom is 0.437 e. The van der Waals surface area contributed by atoms with E-state index in [1.807, 2.05) is 0 Å². The standard InChI is InChI=1S/C12H16N2O4/c1-8(2)14-18-12(15)13-10-7-9(16-3)5-6-11(10)17-4/h5-7H,1-4H3,(H,13,15). The maximum atomic E-state index is 11.4. The Balaban J connectivity index is 2.81. The predicted molar refractivity (Wildman–Crippen MR) is 68.4 cm³/mol. The monoisotopic (exact) mass is 252 g/mol. The SMILES string of the molecule is COc1ccc(OC)c(NC(=O)ON=C(C)C)c1. The largest absolute Gasteiger partial charge is 0.497 e. The van der Waals surface area contributed by atoms with Crippen LogP contribution in [0.3, 0.4) is 0 Å². The third-order valence-electron chi connectivity index (χ3n) is 1.95. The van der Waals surface area contributed by atoms with Gasteiger partial charge in [0.1, 0.15) is 11.5 Å². The second-order valence-corrected chi connectivity index (χ2v) is 3.61. The van der Waals surface area contributed by atoms with Gasteiger partial charge in [-0.3, -0.25) is 10.2 Å². The molecule has 0 saturated heterocycles. The Hall–Kier alpha value is -2.24. The molecule has 1 rings (SSSR count). The number of hydrogen-bond donors (Lipinski definition) is 1. The van der Waals surface area contributed by atoms with Crippen molar-refractivity contribution < 1.29 is 19.1 Å². The van der Waals surface area contributed by atoms with Crippen molar-refractivity contribution >= 4 is 17.5 Å². The molecule has 0 atom stereocenters. The van der Waals surface area contributed by atoms with Crippen LogP contribution in [0.1, 0.15) is 13.8 Å². The van der Waals surface area contributed by atoms with Gasteiger partial charge in [0, 0.05) is 6.07 Å². The number of oxime groups is 1. The molecule has 98 valence electrons. The summed E-state index contributed by atoms with van der Waals surface area (Å²) in [7, 11) is 3.04. The molecule has 0 aliphatic rings. The van der Waals surface area contributed by atoms with Crippen molar-refractivity contribution in [3.05, 3.63) is 18.2 Å². The van der Waals surface area contributed by atoms with Crippen LogP contribution in [0.5, 0.6) is 11.5 Å². The average Bonchev–Trinajstić information content (AvgIpc) is 2.36. The van der Waals surface area contributed by atoms with Gasteiger partial charge in [0.2, 0.25) is 0 Å².